The van der Waals surface area contributed by atoms with Gasteiger partial charge in [-0.25, -0.2) is 4.79 Å². The fraction of sp³-hybridized carbons (Fsp3) is 0.667. The molecule has 2 N–H and O–H groups in total. The molecule has 0 bridgehead atoms. The van der Waals surface area contributed by atoms with Crippen LogP contribution in [0.5, 0.6) is 0 Å². The number of hydrogen-bond donors (Lipinski definition) is 2. The first kappa shape index (κ1) is 17.6. The van der Waals surface area contributed by atoms with Crippen LogP contribution in [0.3, 0.4) is 0 Å². The second-order valence-electron chi connectivity index (χ2n) is 5.57. The van der Waals surface area contributed by atoms with E-state index in [0.29, 0.717) is 0 Å². The lowest BCUT2D eigenvalue weighted by Gasteiger charge is -2.14. The maximum absolute atomic E-state index is 12.0. The molecule has 2 heterocycles. The zero-order valence-electron chi connectivity index (χ0n) is 13.4. The lowest BCUT2D eigenvalue weighted by Crippen LogP contribution is -2.30. The number of nitrogens with zero attached hydrogens (tertiary/aromatic N) is 2. The van der Waals surface area contributed by atoms with Crippen molar-refractivity contribution in [2.45, 2.75) is 45.6 Å². The third-order valence-corrected chi connectivity index (χ3v) is 3.71. The van der Waals surface area contributed by atoms with Gasteiger partial charge in [0.25, 0.3) is 0 Å². The molecule has 1 fully saturated rings. The number of aliphatic hydroxyl groups excluding tert-OH is 1. The van der Waals surface area contributed by atoms with Crippen LogP contribution in [0.1, 0.15) is 39.3 Å². The number of rotatable bonds is 7. The van der Waals surface area contributed by atoms with Crippen molar-refractivity contribution in [3.63, 3.8) is 0 Å². The lowest BCUT2D eigenvalue weighted by molar-refractivity contribution is -0.119. The Morgan fingerprint density at radius 2 is 2.39 bits per heavy atom. The largest absolute Gasteiger partial charge is 0.391 e. The second-order valence-corrected chi connectivity index (χ2v) is 5.57. The first-order valence-electron chi connectivity index (χ1n) is 7.83. The lowest BCUT2D eigenvalue weighted by atomic mass is 10.0. The van der Waals surface area contributed by atoms with Crippen LogP contribution in [0.25, 0.3) is 0 Å². The Kier molecular flexibility index (Phi) is 6.26. The number of nitrogens with one attached hydrogen (secondary N) is 1. The van der Waals surface area contributed by atoms with Crippen LogP contribution in [0, 0.1) is 5.92 Å². The van der Waals surface area contributed by atoms with Gasteiger partial charge >= 0.3 is 5.69 Å². The summed E-state index contributed by atoms with van der Waals surface area (Å²) >= 11 is 0. The van der Waals surface area contributed by atoms with E-state index in [2.05, 4.69) is 17.2 Å². The summed E-state index contributed by atoms with van der Waals surface area (Å²) in [6, 6.07) is 1.54. The number of aromatic nitrogens is 2. The molecule has 1 aromatic heterocycles. The molecule has 1 aliphatic rings. The van der Waals surface area contributed by atoms with Crippen molar-refractivity contribution in [3.05, 3.63) is 22.7 Å². The summed E-state index contributed by atoms with van der Waals surface area (Å²) in [6.07, 6.45) is 2.95. The fourth-order valence-corrected chi connectivity index (χ4v) is 2.28. The van der Waals surface area contributed by atoms with Gasteiger partial charge in [-0.3, -0.25) is 9.36 Å². The highest BCUT2D eigenvalue weighted by Crippen LogP contribution is 2.19. The van der Waals surface area contributed by atoms with Gasteiger partial charge in [0.05, 0.1) is 13.2 Å². The Morgan fingerprint density at radius 3 is 3.00 bits per heavy atom. The van der Waals surface area contributed by atoms with Crippen molar-refractivity contribution < 1.29 is 19.4 Å². The van der Waals surface area contributed by atoms with E-state index in [4.69, 9.17) is 14.6 Å². The van der Waals surface area contributed by atoms with E-state index >= 15 is 0 Å². The zero-order valence-corrected chi connectivity index (χ0v) is 13.4. The van der Waals surface area contributed by atoms with Crippen LogP contribution < -0.4 is 11.0 Å². The first-order chi connectivity index (χ1) is 11.0. The molecule has 128 valence electrons. The average molecular weight is 325 g/mol. The molecule has 8 heteroatoms. The molecule has 23 heavy (non-hydrogen) atoms. The Morgan fingerprint density at radius 1 is 1.61 bits per heavy atom. The molecule has 0 spiro atoms. The molecule has 0 aromatic carbocycles. The first-order valence-corrected chi connectivity index (χ1v) is 7.83. The van der Waals surface area contributed by atoms with Gasteiger partial charge in [0.2, 0.25) is 5.91 Å². The highest BCUT2D eigenvalue weighted by atomic mass is 16.7. The van der Waals surface area contributed by atoms with E-state index in [-0.39, 0.29) is 30.9 Å². The highest BCUT2D eigenvalue weighted by molar-refractivity contribution is 5.91. The van der Waals surface area contributed by atoms with Gasteiger partial charge in [0, 0.05) is 12.1 Å². The Bertz CT molecular complexity index is 589. The molecule has 3 atom stereocenters. The minimum absolute atomic E-state index is 0.129. The van der Waals surface area contributed by atoms with Crippen molar-refractivity contribution in [1.29, 1.82) is 0 Å². The molecule has 0 saturated carbocycles. The number of anilines is 1. The predicted molar refractivity (Wildman–Crippen MR) is 82.8 cm³/mol. The summed E-state index contributed by atoms with van der Waals surface area (Å²) in [5.74, 6) is -0.0582. The molecule has 8 nitrogen and oxygen atoms in total. The topological polar surface area (TPSA) is 103 Å². The molecule has 2 rings (SSSR count). The van der Waals surface area contributed by atoms with E-state index in [0.717, 1.165) is 19.3 Å². The molecule has 1 saturated heterocycles. The molecular formula is C15H23N3O5. The monoisotopic (exact) mass is 325 g/mol. The van der Waals surface area contributed by atoms with Crippen molar-refractivity contribution in [3.8, 4) is 0 Å². The quantitative estimate of drug-likeness (QED) is 0.771. The van der Waals surface area contributed by atoms with Crippen LogP contribution in [0.4, 0.5) is 5.82 Å². The molecule has 1 aromatic rings. The SMILES string of the molecule is CCCCC(C)C(=O)Nc1ccn([C@@H]2CO[C@H](CO)O2)c(=O)n1. The maximum atomic E-state index is 12.0. The smallest absolute Gasteiger partial charge is 0.351 e. The van der Waals surface area contributed by atoms with Crippen LogP contribution >= 0.6 is 0 Å². The van der Waals surface area contributed by atoms with Crippen molar-refractivity contribution in [1.82, 2.24) is 9.55 Å². The number of unbranched alkanes of at least 4 members (excludes halogenated alkanes) is 1. The van der Waals surface area contributed by atoms with Gasteiger partial charge in [-0.15, -0.1) is 0 Å². The van der Waals surface area contributed by atoms with E-state index in [1.54, 1.807) is 6.07 Å². The van der Waals surface area contributed by atoms with E-state index in [1.165, 1.54) is 10.8 Å². The second kappa shape index (κ2) is 8.19. The minimum Gasteiger partial charge on any atom is -0.391 e. The molecular weight excluding hydrogens is 302 g/mol. The summed E-state index contributed by atoms with van der Waals surface area (Å²) in [5, 5.41) is 11.6. The van der Waals surface area contributed by atoms with Gasteiger partial charge in [-0.1, -0.05) is 26.7 Å². The van der Waals surface area contributed by atoms with Crippen LogP contribution in [-0.2, 0) is 14.3 Å². The van der Waals surface area contributed by atoms with E-state index in [9.17, 15) is 9.59 Å². The molecule has 1 aliphatic heterocycles. The van der Waals surface area contributed by atoms with E-state index < -0.39 is 18.2 Å². The fourth-order valence-electron chi connectivity index (χ4n) is 2.28. The standard InChI is InChI=1S/C15H23N3O5/c1-3-4-5-10(2)14(20)16-11-6-7-18(15(21)17-11)12-9-22-13(8-19)23-12/h6-7,10,12-13,19H,3-5,8-9H2,1-2H3,(H,16,17,20,21)/t10?,12-,13-/m0/s1. The number of ether oxygens (including phenoxy) is 2. The summed E-state index contributed by atoms with van der Waals surface area (Å²) in [6.45, 7) is 3.81. The Labute approximate surface area is 134 Å². The van der Waals surface area contributed by atoms with Crippen LogP contribution in [0.2, 0.25) is 0 Å². The van der Waals surface area contributed by atoms with Gasteiger partial charge in [0.1, 0.15) is 5.82 Å². The zero-order chi connectivity index (χ0) is 16.8. The Balaban J connectivity index is 1.99. The summed E-state index contributed by atoms with van der Waals surface area (Å²) in [4.78, 5) is 27.9. The van der Waals surface area contributed by atoms with Gasteiger partial charge in [-0.05, 0) is 12.5 Å². The minimum atomic E-state index is -0.731. The molecule has 0 radical (unpaired) electrons. The molecule has 1 amide bonds. The van der Waals surface area contributed by atoms with Crippen molar-refractivity contribution >= 4 is 11.7 Å². The number of hydrogen-bond acceptors (Lipinski definition) is 6. The molecule has 1 unspecified atom stereocenters. The number of carbonyl (C=O) groups excluding carboxylic acids is 1. The summed E-state index contributed by atoms with van der Waals surface area (Å²) in [7, 11) is 0. The number of aliphatic hydroxyl groups is 1. The third kappa shape index (κ3) is 4.60. The van der Waals surface area contributed by atoms with Gasteiger partial charge in [0.15, 0.2) is 12.5 Å². The summed E-state index contributed by atoms with van der Waals surface area (Å²) < 4.78 is 11.8. The number of amides is 1. The number of carbonyl (C=O) groups is 1. The Hall–Kier alpha value is -1.77. The van der Waals surface area contributed by atoms with Gasteiger partial charge in [-0.2, -0.15) is 4.98 Å². The predicted octanol–water partition coefficient (Wildman–Crippen LogP) is 0.872. The maximum Gasteiger partial charge on any atom is 0.351 e. The van der Waals surface area contributed by atoms with Gasteiger partial charge < -0.3 is 19.9 Å². The molecule has 0 aliphatic carbocycles. The normalized spacial score (nSPS) is 22.0. The third-order valence-electron chi connectivity index (χ3n) is 3.71. The van der Waals surface area contributed by atoms with Crippen molar-refractivity contribution in [2.24, 2.45) is 5.92 Å². The van der Waals surface area contributed by atoms with Crippen molar-refractivity contribution in [2.75, 3.05) is 18.5 Å². The average Bonchev–Trinajstić information content (AvgIpc) is 3.01. The summed E-state index contributed by atoms with van der Waals surface area (Å²) in [5.41, 5.74) is -0.545. The van der Waals surface area contributed by atoms with E-state index in [1.807, 2.05) is 6.92 Å². The highest BCUT2D eigenvalue weighted by Gasteiger charge is 2.27. The van der Waals surface area contributed by atoms with Crippen LogP contribution in [-0.4, -0.2) is 40.1 Å². The van der Waals surface area contributed by atoms with Crippen LogP contribution in [0.15, 0.2) is 17.1 Å².